The summed E-state index contributed by atoms with van der Waals surface area (Å²) in [6.07, 6.45) is -4.56. The quantitative estimate of drug-likeness (QED) is 0.898. The molecule has 102 valence electrons. The molecule has 0 saturated heterocycles. The molecule has 2 heterocycles. The summed E-state index contributed by atoms with van der Waals surface area (Å²) in [7, 11) is 0. The third-order valence-electron chi connectivity index (χ3n) is 2.27. The molecule has 0 aromatic carbocycles. The summed E-state index contributed by atoms with van der Waals surface area (Å²) in [6, 6.07) is 4.27. The molecule has 0 atom stereocenters. The van der Waals surface area contributed by atoms with Crippen LogP contribution in [-0.4, -0.2) is 9.97 Å². The van der Waals surface area contributed by atoms with Crippen molar-refractivity contribution in [1.82, 2.24) is 9.97 Å². The predicted molar refractivity (Wildman–Crippen MR) is 62.2 cm³/mol. The van der Waals surface area contributed by atoms with Gasteiger partial charge in [-0.2, -0.15) is 18.2 Å². The fourth-order valence-corrected chi connectivity index (χ4v) is 1.46. The molecular formula is C11H11F3N4O. The van der Waals surface area contributed by atoms with Gasteiger partial charge in [0, 0.05) is 6.07 Å². The van der Waals surface area contributed by atoms with Crippen molar-refractivity contribution in [2.45, 2.75) is 19.6 Å². The van der Waals surface area contributed by atoms with Gasteiger partial charge in [0.1, 0.15) is 17.3 Å². The Kier molecular flexibility index (Phi) is 3.32. The van der Waals surface area contributed by atoms with E-state index in [2.05, 4.69) is 15.3 Å². The Morgan fingerprint density at radius 1 is 1.32 bits per heavy atom. The van der Waals surface area contributed by atoms with Crippen LogP contribution in [0.2, 0.25) is 0 Å². The zero-order chi connectivity index (χ0) is 14.0. The van der Waals surface area contributed by atoms with Gasteiger partial charge in [0.25, 0.3) is 0 Å². The van der Waals surface area contributed by atoms with Crippen molar-refractivity contribution in [2.24, 2.45) is 0 Å². The van der Waals surface area contributed by atoms with Gasteiger partial charge in [-0.25, -0.2) is 4.98 Å². The minimum absolute atomic E-state index is 0.00567. The van der Waals surface area contributed by atoms with Crippen molar-refractivity contribution in [1.29, 1.82) is 0 Å². The van der Waals surface area contributed by atoms with E-state index in [1.807, 2.05) is 0 Å². The lowest BCUT2D eigenvalue weighted by molar-refractivity contribution is -0.141. The van der Waals surface area contributed by atoms with Crippen molar-refractivity contribution in [2.75, 3.05) is 11.1 Å². The lowest BCUT2D eigenvalue weighted by Gasteiger charge is -2.09. The number of aryl methyl sites for hydroxylation is 1. The van der Waals surface area contributed by atoms with Crippen LogP contribution in [0.5, 0.6) is 0 Å². The van der Waals surface area contributed by atoms with Crippen LogP contribution >= 0.6 is 0 Å². The highest BCUT2D eigenvalue weighted by molar-refractivity contribution is 5.41. The van der Waals surface area contributed by atoms with Gasteiger partial charge in [-0.1, -0.05) is 0 Å². The first kappa shape index (κ1) is 13.2. The van der Waals surface area contributed by atoms with Gasteiger partial charge < -0.3 is 15.5 Å². The molecule has 3 N–H and O–H groups in total. The van der Waals surface area contributed by atoms with Crippen LogP contribution in [0, 0.1) is 6.92 Å². The maximum atomic E-state index is 12.5. The molecule has 2 aromatic heterocycles. The van der Waals surface area contributed by atoms with E-state index in [4.69, 9.17) is 10.2 Å². The number of nitrogen functional groups attached to an aromatic ring is 1. The Bertz CT molecular complexity index is 580. The molecule has 0 unspecified atom stereocenters. The predicted octanol–water partition coefficient (Wildman–Crippen LogP) is 2.59. The number of halogens is 3. The molecule has 0 bridgehead atoms. The van der Waals surface area contributed by atoms with E-state index in [-0.39, 0.29) is 12.4 Å². The zero-order valence-corrected chi connectivity index (χ0v) is 9.95. The molecule has 0 saturated carbocycles. The zero-order valence-electron chi connectivity index (χ0n) is 9.95. The van der Waals surface area contributed by atoms with E-state index in [0.29, 0.717) is 5.76 Å². The molecule has 0 spiro atoms. The third-order valence-corrected chi connectivity index (χ3v) is 2.27. The number of nitrogens with one attached hydrogen (secondary N) is 1. The third kappa shape index (κ3) is 3.36. The molecule has 0 aliphatic heterocycles. The highest BCUT2D eigenvalue weighted by Crippen LogP contribution is 2.29. The fourth-order valence-electron chi connectivity index (χ4n) is 1.46. The molecule has 5 nitrogen and oxygen atoms in total. The first-order chi connectivity index (χ1) is 8.84. The molecule has 2 aromatic rings. The molecule has 0 aliphatic rings. The summed E-state index contributed by atoms with van der Waals surface area (Å²) < 4.78 is 42.8. The molecule has 19 heavy (non-hydrogen) atoms. The molecule has 8 heteroatoms. The van der Waals surface area contributed by atoms with Crippen LogP contribution < -0.4 is 11.1 Å². The van der Waals surface area contributed by atoms with Crippen molar-refractivity contribution >= 4 is 11.8 Å². The van der Waals surface area contributed by atoms with Gasteiger partial charge in [-0.15, -0.1) is 0 Å². The Morgan fingerprint density at radius 3 is 2.63 bits per heavy atom. The monoisotopic (exact) mass is 272 g/mol. The second kappa shape index (κ2) is 4.79. The number of anilines is 2. The molecule has 0 aliphatic carbocycles. The average molecular weight is 272 g/mol. The Morgan fingerprint density at radius 2 is 2.05 bits per heavy atom. The van der Waals surface area contributed by atoms with E-state index in [0.717, 1.165) is 11.8 Å². The minimum atomic E-state index is -4.56. The first-order valence-electron chi connectivity index (χ1n) is 5.35. The Labute approximate surface area is 106 Å². The molecule has 0 amide bonds. The van der Waals surface area contributed by atoms with Crippen molar-refractivity contribution in [3.63, 3.8) is 0 Å². The van der Waals surface area contributed by atoms with Crippen molar-refractivity contribution in [3.8, 4) is 0 Å². The highest BCUT2D eigenvalue weighted by atomic mass is 19.4. The smallest absolute Gasteiger partial charge is 0.433 e. The van der Waals surface area contributed by atoms with Crippen LogP contribution in [0.1, 0.15) is 17.2 Å². The second-order valence-corrected chi connectivity index (χ2v) is 3.86. The number of alkyl halides is 3. The maximum absolute atomic E-state index is 12.5. The number of rotatable bonds is 3. The number of hydrogen-bond acceptors (Lipinski definition) is 5. The lowest BCUT2D eigenvalue weighted by atomic mass is 10.3. The van der Waals surface area contributed by atoms with Crippen molar-refractivity contribution in [3.05, 3.63) is 35.4 Å². The highest BCUT2D eigenvalue weighted by Gasteiger charge is 2.33. The van der Waals surface area contributed by atoms with Crippen LogP contribution in [0.4, 0.5) is 24.9 Å². The van der Waals surface area contributed by atoms with Crippen LogP contribution in [0.15, 0.2) is 22.6 Å². The Balaban J connectivity index is 2.14. The number of nitrogens with two attached hydrogens (primary N) is 1. The van der Waals surface area contributed by atoms with Crippen LogP contribution in [0.3, 0.4) is 0 Å². The summed E-state index contributed by atoms with van der Waals surface area (Å²) in [5.74, 6) is 0.861. The molecular weight excluding hydrogens is 261 g/mol. The second-order valence-electron chi connectivity index (χ2n) is 3.86. The van der Waals surface area contributed by atoms with E-state index in [1.54, 1.807) is 19.1 Å². The summed E-state index contributed by atoms with van der Waals surface area (Å²) in [5.41, 5.74) is 4.16. The average Bonchev–Trinajstić information content (AvgIpc) is 2.71. The molecule has 0 radical (unpaired) electrons. The molecule has 0 fully saturated rings. The fraction of sp³-hybridized carbons (Fsp3) is 0.273. The number of nitrogens with zero attached hydrogens (tertiary/aromatic N) is 2. The van der Waals surface area contributed by atoms with E-state index in [9.17, 15) is 13.2 Å². The van der Waals surface area contributed by atoms with Gasteiger partial charge in [-0.3, -0.25) is 0 Å². The number of aromatic nitrogens is 2. The van der Waals surface area contributed by atoms with Gasteiger partial charge >= 0.3 is 6.18 Å². The number of hydrogen-bond donors (Lipinski definition) is 2. The Hall–Kier alpha value is -2.25. The summed E-state index contributed by atoms with van der Waals surface area (Å²) >= 11 is 0. The van der Waals surface area contributed by atoms with E-state index >= 15 is 0 Å². The number of furan rings is 1. The summed E-state index contributed by atoms with van der Waals surface area (Å²) in [4.78, 5) is 6.83. The normalized spacial score (nSPS) is 11.6. The maximum Gasteiger partial charge on any atom is 0.433 e. The van der Waals surface area contributed by atoms with Gasteiger partial charge in [0.15, 0.2) is 5.69 Å². The first-order valence-corrected chi connectivity index (χ1v) is 5.35. The van der Waals surface area contributed by atoms with Crippen LogP contribution in [0.25, 0.3) is 0 Å². The van der Waals surface area contributed by atoms with Gasteiger partial charge in [-0.05, 0) is 19.1 Å². The van der Waals surface area contributed by atoms with Crippen molar-refractivity contribution < 1.29 is 17.6 Å². The largest absolute Gasteiger partial charge is 0.465 e. The van der Waals surface area contributed by atoms with Gasteiger partial charge in [0.05, 0.1) is 6.54 Å². The van der Waals surface area contributed by atoms with Crippen LogP contribution in [-0.2, 0) is 12.7 Å². The van der Waals surface area contributed by atoms with Gasteiger partial charge in [0.2, 0.25) is 5.95 Å². The SMILES string of the molecule is Cc1ccc(CNc2cc(C(F)(F)F)nc(N)n2)o1. The standard InChI is InChI=1S/C11H11F3N4O/c1-6-2-3-7(19-6)5-16-9-4-8(11(12,13)14)17-10(15)18-9/h2-4H,5H2,1H3,(H3,15,16,17,18). The summed E-state index contributed by atoms with van der Waals surface area (Å²) in [6.45, 7) is 1.98. The minimum Gasteiger partial charge on any atom is -0.465 e. The molecule has 2 rings (SSSR count). The van der Waals surface area contributed by atoms with E-state index in [1.165, 1.54) is 0 Å². The van der Waals surface area contributed by atoms with E-state index < -0.39 is 17.8 Å². The topological polar surface area (TPSA) is 77.0 Å². The lowest BCUT2D eigenvalue weighted by Crippen LogP contribution is -2.12. The summed E-state index contributed by atoms with van der Waals surface area (Å²) in [5, 5.41) is 2.70.